The number of ether oxygens (including phenoxy) is 1. The molecule has 3 nitrogen and oxygen atoms in total. The molecule has 1 saturated carbocycles. The molecule has 1 rings (SSSR count). The maximum atomic E-state index is 11.0. The molecule has 3 unspecified atom stereocenters. The lowest BCUT2D eigenvalue weighted by Gasteiger charge is -2.18. The predicted molar refractivity (Wildman–Crippen MR) is 65.1 cm³/mol. The van der Waals surface area contributed by atoms with E-state index in [1.807, 2.05) is 13.0 Å². The number of esters is 1. The largest absolute Gasteiger partial charge is 0.463 e. The Balaban J connectivity index is 2.18. The average molecular weight is 225 g/mol. The summed E-state index contributed by atoms with van der Waals surface area (Å²) in [5.74, 6) is 1.29. The molecule has 0 heterocycles. The molecule has 0 aromatic rings. The van der Waals surface area contributed by atoms with E-state index in [0.29, 0.717) is 12.6 Å². The number of rotatable bonds is 5. The van der Waals surface area contributed by atoms with Gasteiger partial charge in [-0.3, -0.25) is 0 Å². The Bertz CT molecular complexity index is 250. The molecule has 1 aliphatic carbocycles. The van der Waals surface area contributed by atoms with Crippen molar-refractivity contribution in [2.75, 3.05) is 13.2 Å². The normalized spacial score (nSPS) is 29.8. The SMILES string of the molecule is CCOC(=O)/C=C/CNC1CCC(C)C1C. The summed E-state index contributed by atoms with van der Waals surface area (Å²) in [5, 5.41) is 3.46. The van der Waals surface area contributed by atoms with E-state index in [0.717, 1.165) is 18.4 Å². The molecule has 1 N–H and O–H groups in total. The molecule has 0 radical (unpaired) electrons. The smallest absolute Gasteiger partial charge is 0.330 e. The first-order valence-corrected chi connectivity index (χ1v) is 6.21. The minimum absolute atomic E-state index is 0.253. The van der Waals surface area contributed by atoms with Crippen LogP contribution >= 0.6 is 0 Å². The van der Waals surface area contributed by atoms with Crippen molar-refractivity contribution < 1.29 is 9.53 Å². The fraction of sp³-hybridized carbons (Fsp3) is 0.769. The van der Waals surface area contributed by atoms with Gasteiger partial charge in [-0.1, -0.05) is 19.9 Å². The van der Waals surface area contributed by atoms with Gasteiger partial charge in [0.15, 0.2) is 0 Å². The van der Waals surface area contributed by atoms with Crippen LogP contribution in [0, 0.1) is 11.8 Å². The monoisotopic (exact) mass is 225 g/mol. The third-order valence-corrected chi connectivity index (χ3v) is 3.50. The Morgan fingerprint density at radius 1 is 1.44 bits per heavy atom. The summed E-state index contributed by atoms with van der Waals surface area (Å²) < 4.78 is 4.80. The summed E-state index contributed by atoms with van der Waals surface area (Å²) in [7, 11) is 0. The van der Waals surface area contributed by atoms with Crippen molar-refractivity contribution in [2.45, 2.75) is 39.7 Å². The Morgan fingerprint density at radius 3 is 2.75 bits per heavy atom. The summed E-state index contributed by atoms with van der Waals surface area (Å²) in [6, 6.07) is 0.599. The second-order valence-electron chi connectivity index (χ2n) is 4.58. The van der Waals surface area contributed by atoms with Crippen LogP contribution < -0.4 is 5.32 Å². The van der Waals surface area contributed by atoms with Gasteiger partial charge in [-0.2, -0.15) is 0 Å². The summed E-state index contributed by atoms with van der Waals surface area (Å²) in [5.41, 5.74) is 0. The highest BCUT2D eigenvalue weighted by molar-refractivity contribution is 5.81. The van der Waals surface area contributed by atoms with Crippen molar-refractivity contribution in [3.8, 4) is 0 Å². The molecular weight excluding hydrogens is 202 g/mol. The highest BCUT2D eigenvalue weighted by atomic mass is 16.5. The second kappa shape index (κ2) is 6.69. The summed E-state index contributed by atoms with van der Waals surface area (Å²) in [6.45, 7) is 7.60. The van der Waals surface area contributed by atoms with Crippen molar-refractivity contribution in [3.05, 3.63) is 12.2 Å². The third-order valence-electron chi connectivity index (χ3n) is 3.50. The highest BCUT2D eigenvalue weighted by Crippen LogP contribution is 2.30. The number of carbonyl (C=O) groups excluding carboxylic acids is 1. The molecule has 0 amide bonds. The van der Waals surface area contributed by atoms with Crippen LogP contribution in [0.25, 0.3) is 0 Å². The van der Waals surface area contributed by atoms with Crippen molar-refractivity contribution >= 4 is 5.97 Å². The molecule has 16 heavy (non-hydrogen) atoms. The lowest BCUT2D eigenvalue weighted by Crippen LogP contribution is -2.32. The molecule has 3 atom stereocenters. The van der Waals surface area contributed by atoms with Crippen LogP contribution in [0.15, 0.2) is 12.2 Å². The lowest BCUT2D eigenvalue weighted by atomic mass is 9.98. The van der Waals surface area contributed by atoms with Gasteiger partial charge < -0.3 is 10.1 Å². The van der Waals surface area contributed by atoms with Crippen LogP contribution in [-0.4, -0.2) is 25.2 Å². The molecule has 3 heteroatoms. The summed E-state index contributed by atoms with van der Waals surface area (Å²) in [4.78, 5) is 11.0. The molecule has 92 valence electrons. The molecule has 0 aromatic carbocycles. The van der Waals surface area contributed by atoms with Gasteiger partial charge >= 0.3 is 5.97 Å². The highest BCUT2D eigenvalue weighted by Gasteiger charge is 2.28. The van der Waals surface area contributed by atoms with Gasteiger partial charge in [0.1, 0.15) is 0 Å². The first-order valence-electron chi connectivity index (χ1n) is 6.21. The minimum atomic E-state index is -0.253. The van der Waals surface area contributed by atoms with Gasteiger partial charge in [-0.25, -0.2) is 4.79 Å². The fourth-order valence-electron chi connectivity index (χ4n) is 2.22. The van der Waals surface area contributed by atoms with Crippen LogP contribution in [-0.2, 0) is 9.53 Å². The van der Waals surface area contributed by atoms with Gasteiger partial charge in [0.05, 0.1) is 6.61 Å². The van der Waals surface area contributed by atoms with Gasteiger partial charge in [-0.05, 0) is 31.6 Å². The van der Waals surface area contributed by atoms with Gasteiger partial charge in [0.2, 0.25) is 0 Å². The fourth-order valence-corrected chi connectivity index (χ4v) is 2.22. The molecule has 0 saturated heterocycles. The van der Waals surface area contributed by atoms with E-state index < -0.39 is 0 Å². The topological polar surface area (TPSA) is 38.3 Å². The third kappa shape index (κ3) is 3.97. The zero-order valence-electron chi connectivity index (χ0n) is 10.5. The first kappa shape index (κ1) is 13.2. The van der Waals surface area contributed by atoms with Crippen LogP contribution in [0.5, 0.6) is 0 Å². The predicted octanol–water partition coefficient (Wildman–Crippen LogP) is 2.13. The molecule has 1 aliphatic rings. The number of hydrogen-bond acceptors (Lipinski definition) is 3. The standard InChI is InChI=1S/C13H23NO2/c1-4-16-13(15)6-5-9-14-12-8-7-10(2)11(12)3/h5-6,10-12,14H,4,7-9H2,1-3H3/b6-5+. The Morgan fingerprint density at radius 2 is 2.19 bits per heavy atom. The quantitative estimate of drug-likeness (QED) is 0.575. The number of nitrogens with one attached hydrogen (secondary N) is 1. The average Bonchev–Trinajstić information content (AvgIpc) is 2.56. The molecule has 0 spiro atoms. The minimum Gasteiger partial charge on any atom is -0.463 e. The Hall–Kier alpha value is -0.830. The van der Waals surface area contributed by atoms with Crippen molar-refractivity contribution in [1.29, 1.82) is 0 Å². The Labute approximate surface area is 98.2 Å². The van der Waals surface area contributed by atoms with E-state index in [4.69, 9.17) is 4.74 Å². The number of carbonyl (C=O) groups is 1. The van der Waals surface area contributed by atoms with Gasteiger partial charge in [-0.15, -0.1) is 0 Å². The maximum absolute atomic E-state index is 11.0. The second-order valence-corrected chi connectivity index (χ2v) is 4.58. The van der Waals surface area contributed by atoms with Crippen LogP contribution in [0.1, 0.15) is 33.6 Å². The van der Waals surface area contributed by atoms with Crippen molar-refractivity contribution in [1.82, 2.24) is 5.32 Å². The molecular formula is C13H23NO2. The van der Waals surface area contributed by atoms with Crippen LogP contribution in [0.3, 0.4) is 0 Å². The van der Waals surface area contributed by atoms with E-state index in [-0.39, 0.29) is 5.97 Å². The van der Waals surface area contributed by atoms with E-state index in [9.17, 15) is 4.79 Å². The van der Waals surface area contributed by atoms with Crippen molar-refractivity contribution in [2.24, 2.45) is 11.8 Å². The Kier molecular flexibility index (Phi) is 5.53. The number of hydrogen-bond donors (Lipinski definition) is 1. The van der Waals surface area contributed by atoms with E-state index >= 15 is 0 Å². The molecule has 1 fully saturated rings. The summed E-state index contributed by atoms with van der Waals surface area (Å²) >= 11 is 0. The lowest BCUT2D eigenvalue weighted by molar-refractivity contribution is -0.137. The summed E-state index contributed by atoms with van der Waals surface area (Å²) in [6.07, 6.45) is 5.89. The van der Waals surface area contributed by atoms with E-state index in [1.54, 1.807) is 0 Å². The van der Waals surface area contributed by atoms with Gasteiger partial charge in [0.25, 0.3) is 0 Å². The van der Waals surface area contributed by atoms with E-state index in [1.165, 1.54) is 18.9 Å². The van der Waals surface area contributed by atoms with Crippen LogP contribution in [0.2, 0.25) is 0 Å². The maximum Gasteiger partial charge on any atom is 0.330 e. The van der Waals surface area contributed by atoms with Gasteiger partial charge in [0, 0.05) is 18.7 Å². The van der Waals surface area contributed by atoms with E-state index in [2.05, 4.69) is 19.2 Å². The molecule has 0 aromatic heterocycles. The first-order chi connectivity index (χ1) is 7.65. The zero-order valence-corrected chi connectivity index (χ0v) is 10.5. The van der Waals surface area contributed by atoms with Crippen molar-refractivity contribution in [3.63, 3.8) is 0 Å². The molecule has 0 bridgehead atoms. The van der Waals surface area contributed by atoms with Crippen LogP contribution in [0.4, 0.5) is 0 Å². The zero-order chi connectivity index (χ0) is 12.0. The molecule has 0 aliphatic heterocycles.